The van der Waals surface area contributed by atoms with Crippen LogP contribution in [0.1, 0.15) is 17.4 Å². The van der Waals surface area contributed by atoms with E-state index < -0.39 is 6.10 Å². The second kappa shape index (κ2) is 4.64. The van der Waals surface area contributed by atoms with Gasteiger partial charge in [0.05, 0.1) is 11.2 Å². The lowest BCUT2D eigenvalue weighted by molar-refractivity contribution is 0.215. The van der Waals surface area contributed by atoms with Crippen LogP contribution in [0.2, 0.25) is 5.02 Å². The lowest BCUT2D eigenvalue weighted by atomic mass is 10.0. The number of halogens is 1. The summed E-state index contributed by atoms with van der Waals surface area (Å²) in [6.45, 7) is 0. The fourth-order valence-electron chi connectivity index (χ4n) is 2.12. The SMILES string of the molecule is Cn1ccc(C(O)c2ccc(Cl)c3cccnc23)n1. The van der Waals surface area contributed by atoms with Crippen molar-refractivity contribution in [2.24, 2.45) is 7.05 Å². The van der Waals surface area contributed by atoms with Crippen LogP contribution in [0, 0.1) is 0 Å². The van der Waals surface area contributed by atoms with E-state index in [1.54, 1.807) is 35.3 Å². The fourth-order valence-corrected chi connectivity index (χ4v) is 2.33. The average molecular weight is 274 g/mol. The Balaban J connectivity index is 2.18. The summed E-state index contributed by atoms with van der Waals surface area (Å²) >= 11 is 6.14. The molecule has 1 unspecified atom stereocenters. The van der Waals surface area contributed by atoms with Gasteiger partial charge in [-0.05, 0) is 24.3 Å². The van der Waals surface area contributed by atoms with E-state index in [1.807, 2.05) is 19.2 Å². The molecular weight excluding hydrogens is 262 g/mol. The number of pyridine rings is 1. The zero-order valence-corrected chi connectivity index (χ0v) is 11.0. The van der Waals surface area contributed by atoms with Crippen LogP contribution in [-0.4, -0.2) is 19.9 Å². The Hall–Kier alpha value is -1.91. The molecule has 0 aliphatic rings. The number of aliphatic hydroxyl groups excluding tert-OH is 1. The summed E-state index contributed by atoms with van der Waals surface area (Å²) < 4.78 is 1.66. The Kier molecular flexibility index (Phi) is 2.97. The molecule has 3 aromatic rings. The summed E-state index contributed by atoms with van der Waals surface area (Å²) in [5, 5.41) is 16.1. The van der Waals surface area contributed by atoms with Crippen LogP contribution in [0.4, 0.5) is 0 Å². The van der Waals surface area contributed by atoms with Crippen molar-refractivity contribution < 1.29 is 5.11 Å². The van der Waals surface area contributed by atoms with Crippen LogP contribution in [0.15, 0.2) is 42.7 Å². The maximum absolute atomic E-state index is 10.4. The molecule has 0 saturated heterocycles. The monoisotopic (exact) mass is 273 g/mol. The number of nitrogens with zero attached hydrogens (tertiary/aromatic N) is 3. The minimum absolute atomic E-state index is 0.594. The number of aromatic nitrogens is 3. The number of aryl methyl sites for hydroxylation is 1. The third-order valence-corrected chi connectivity index (χ3v) is 3.39. The van der Waals surface area contributed by atoms with E-state index in [0.29, 0.717) is 21.8 Å². The number of benzene rings is 1. The first-order valence-electron chi connectivity index (χ1n) is 5.87. The molecule has 0 spiro atoms. The van der Waals surface area contributed by atoms with Gasteiger partial charge in [0.1, 0.15) is 6.10 Å². The van der Waals surface area contributed by atoms with E-state index in [-0.39, 0.29) is 0 Å². The van der Waals surface area contributed by atoms with E-state index in [9.17, 15) is 5.11 Å². The van der Waals surface area contributed by atoms with Gasteiger partial charge in [0, 0.05) is 35.4 Å². The quantitative estimate of drug-likeness (QED) is 0.781. The van der Waals surface area contributed by atoms with Crippen molar-refractivity contribution in [3.63, 3.8) is 0 Å². The molecule has 0 saturated carbocycles. The number of rotatable bonds is 2. The van der Waals surface area contributed by atoms with Crippen LogP contribution in [0.5, 0.6) is 0 Å². The van der Waals surface area contributed by atoms with Gasteiger partial charge < -0.3 is 5.11 Å². The van der Waals surface area contributed by atoms with Gasteiger partial charge in [-0.25, -0.2) is 0 Å². The van der Waals surface area contributed by atoms with Crippen molar-refractivity contribution in [3.8, 4) is 0 Å². The van der Waals surface area contributed by atoms with Crippen LogP contribution >= 0.6 is 11.6 Å². The molecule has 0 radical (unpaired) electrons. The number of hydrogen-bond acceptors (Lipinski definition) is 3. The summed E-state index contributed by atoms with van der Waals surface area (Å²) in [7, 11) is 1.81. The molecule has 1 N–H and O–H groups in total. The Morgan fingerprint density at radius 3 is 2.84 bits per heavy atom. The zero-order chi connectivity index (χ0) is 13.4. The highest BCUT2D eigenvalue weighted by Crippen LogP contribution is 2.30. The van der Waals surface area contributed by atoms with E-state index in [0.717, 1.165) is 5.39 Å². The predicted molar refractivity (Wildman–Crippen MR) is 74.0 cm³/mol. The summed E-state index contributed by atoms with van der Waals surface area (Å²) in [5.41, 5.74) is 2.00. The number of aliphatic hydroxyl groups is 1. The van der Waals surface area contributed by atoms with Crippen LogP contribution in [0.25, 0.3) is 10.9 Å². The molecule has 0 bridgehead atoms. The van der Waals surface area contributed by atoms with Crippen molar-refractivity contribution in [2.45, 2.75) is 6.10 Å². The van der Waals surface area contributed by atoms with Gasteiger partial charge in [0.2, 0.25) is 0 Å². The van der Waals surface area contributed by atoms with Crippen LogP contribution in [-0.2, 0) is 7.05 Å². The first kappa shape index (κ1) is 12.1. The summed E-state index contributed by atoms with van der Waals surface area (Å²) in [5.74, 6) is 0. The fraction of sp³-hybridized carbons (Fsp3) is 0.143. The molecule has 5 heteroatoms. The Morgan fingerprint density at radius 1 is 1.26 bits per heavy atom. The first-order chi connectivity index (χ1) is 9.16. The molecule has 19 heavy (non-hydrogen) atoms. The molecular formula is C14H12ClN3O. The summed E-state index contributed by atoms with van der Waals surface area (Å²) in [6, 6.07) is 9.06. The van der Waals surface area contributed by atoms with Gasteiger partial charge in [-0.15, -0.1) is 0 Å². The van der Waals surface area contributed by atoms with Crippen molar-refractivity contribution in [2.75, 3.05) is 0 Å². The van der Waals surface area contributed by atoms with Crippen LogP contribution in [0.3, 0.4) is 0 Å². The molecule has 1 aromatic carbocycles. The molecule has 2 aromatic heterocycles. The lowest BCUT2D eigenvalue weighted by Crippen LogP contribution is -2.03. The van der Waals surface area contributed by atoms with E-state index in [1.165, 1.54) is 0 Å². The molecule has 2 heterocycles. The normalized spacial score (nSPS) is 12.8. The minimum Gasteiger partial charge on any atom is -0.382 e. The Labute approximate surface area is 115 Å². The first-order valence-corrected chi connectivity index (χ1v) is 6.25. The molecule has 1 atom stereocenters. The molecule has 96 valence electrons. The highest BCUT2D eigenvalue weighted by Gasteiger charge is 2.17. The number of fused-ring (bicyclic) bond motifs is 1. The maximum Gasteiger partial charge on any atom is 0.125 e. The van der Waals surface area contributed by atoms with Crippen molar-refractivity contribution in [3.05, 3.63) is 59.0 Å². The molecule has 0 aliphatic heterocycles. The van der Waals surface area contributed by atoms with Gasteiger partial charge in [-0.2, -0.15) is 5.10 Å². The van der Waals surface area contributed by atoms with Gasteiger partial charge in [-0.3, -0.25) is 9.67 Å². The second-order valence-corrected chi connectivity index (χ2v) is 4.76. The Bertz CT molecular complexity index is 738. The Morgan fingerprint density at radius 2 is 2.11 bits per heavy atom. The number of hydrogen-bond donors (Lipinski definition) is 1. The topological polar surface area (TPSA) is 50.9 Å². The molecule has 0 amide bonds. The summed E-state index contributed by atoms with van der Waals surface area (Å²) in [6.07, 6.45) is 2.67. The third-order valence-electron chi connectivity index (χ3n) is 3.06. The van der Waals surface area contributed by atoms with Crippen molar-refractivity contribution in [1.82, 2.24) is 14.8 Å². The largest absolute Gasteiger partial charge is 0.382 e. The van der Waals surface area contributed by atoms with Gasteiger partial charge >= 0.3 is 0 Å². The van der Waals surface area contributed by atoms with Gasteiger partial charge in [0.25, 0.3) is 0 Å². The highest BCUT2D eigenvalue weighted by molar-refractivity contribution is 6.35. The molecule has 4 nitrogen and oxygen atoms in total. The van der Waals surface area contributed by atoms with E-state index in [2.05, 4.69) is 10.1 Å². The smallest absolute Gasteiger partial charge is 0.125 e. The van der Waals surface area contributed by atoms with Gasteiger partial charge in [0.15, 0.2) is 0 Å². The molecule has 3 rings (SSSR count). The summed E-state index contributed by atoms with van der Waals surface area (Å²) in [4.78, 5) is 4.32. The highest BCUT2D eigenvalue weighted by atomic mass is 35.5. The van der Waals surface area contributed by atoms with E-state index >= 15 is 0 Å². The molecule has 0 aliphatic carbocycles. The maximum atomic E-state index is 10.4. The van der Waals surface area contributed by atoms with Crippen LogP contribution < -0.4 is 0 Å². The lowest BCUT2D eigenvalue weighted by Gasteiger charge is -2.11. The van der Waals surface area contributed by atoms with Crippen molar-refractivity contribution >= 4 is 22.5 Å². The second-order valence-electron chi connectivity index (χ2n) is 4.35. The average Bonchev–Trinajstić information content (AvgIpc) is 2.86. The standard InChI is InChI=1S/C14H12ClN3O/c1-18-8-6-12(17-18)14(19)10-4-5-11(15)9-3-2-7-16-13(9)10/h2-8,14,19H,1H3. The van der Waals surface area contributed by atoms with Crippen molar-refractivity contribution in [1.29, 1.82) is 0 Å². The van der Waals surface area contributed by atoms with Gasteiger partial charge in [-0.1, -0.05) is 17.7 Å². The zero-order valence-electron chi connectivity index (χ0n) is 10.3. The third kappa shape index (κ3) is 2.09. The molecule has 0 fully saturated rings. The van der Waals surface area contributed by atoms with E-state index in [4.69, 9.17) is 11.6 Å². The predicted octanol–water partition coefficient (Wildman–Crippen LogP) is 2.70. The minimum atomic E-state index is -0.809.